The Morgan fingerprint density at radius 1 is 1.47 bits per heavy atom. The van der Waals surface area contributed by atoms with Crippen LogP contribution in [0.5, 0.6) is 11.5 Å². The first-order valence-electron chi connectivity index (χ1n) is 4.72. The third-order valence-electron chi connectivity index (χ3n) is 1.93. The number of amides is 1. The lowest BCUT2D eigenvalue weighted by atomic mass is 10.2. The van der Waals surface area contributed by atoms with Crippen LogP contribution in [0.15, 0.2) is 18.2 Å². The molecule has 0 radical (unpaired) electrons. The fraction of sp³-hybridized carbons (Fsp3) is 0.300. The van der Waals surface area contributed by atoms with Gasteiger partial charge in [0.15, 0.2) is 11.5 Å². The van der Waals surface area contributed by atoms with Crippen molar-refractivity contribution in [1.29, 1.82) is 0 Å². The number of carbonyl (C=O) groups is 1. The van der Waals surface area contributed by atoms with Crippen molar-refractivity contribution in [3.05, 3.63) is 23.8 Å². The molecule has 1 aromatic carbocycles. The summed E-state index contributed by atoms with van der Waals surface area (Å²) in [6, 6.07) is 4.76. The maximum atomic E-state index is 10.7. The Morgan fingerprint density at radius 3 is 2.71 bits per heavy atom. The van der Waals surface area contributed by atoms with E-state index in [2.05, 4.69) is 9.50 Å². The van der Waals surface area contributed by atoms with E-state index in [1.54, 1.807) is 12.1 Å². The molecule has 0 saturated heterocycles. The summed E-state index contributed by atoms with van der Waals surface area (Å²) in [6.45, 7) is 1.69. The van der Waals surface area contributed by atoms with Crippen molar-refractivity contribution >= 4 is 17.3 Å². The number of rotatable bonds is 5. The highest BCUT2D eigenvalue weighted by Crippen LogP contribution is 2.28. The first-order chi connectivity index (χ1) is 8.02. The molecule has 1 rings (SSSR count). The maximum absolute atomic E-state index is 10.7. The topological polar surface area (TPSA) is 87.7 Å². The van der Waals surface area contributed by atoms with E-state index in [0.717, 1.165) is 0 Å². The molecule has 1 unspecified atom stereocenters. The van der Waals surface area contributed by atoms with Crippen LogP contribution in [0.4, 0.5) is 0 Å². The molecule has 0 aliphatic heterocycles. The molecule has 0 bridgehead atoms. The minimum atomic E-state index is -2.67. The van der Waals surface area contributed by atoms with Crippen LogP contribution >= 0.6 is 0 Å². The number of benzene rings is 1. The van der Waals surface area contributed by atoms with Crippen molar-refractivity contribution in [2.24, 2.45) is 0 Å². The van der Waals surface area contributed by atoms with Crippen LogP contribution in [0.3, 0.4) is 0 Å². The van der Waals surface area contributed by atoms with Gasteiger partial charge in [-0.3, -0.25) is 4.79 Å². The Labute approximate surface area is 101 Å². The molecule has 17 heavy (non-hydrogen) atoms. The van der Waals surface area contributed by atoms with E-state index >= 15 is 0 Å². The zero-order valence-electron chi connectivity index (χ0n) is 9.39. The summed E-state index contributed by atoms with van der Waals surface area (Å²) in [5.74, 6) is 0.222. The zero-order chi connectivity index (χ0) is 12.8. The normalized spacial score (nSPS) is 11.7. The summed E-state index contributed by atoms with van der Waals surface area (Å²) in [5.41, 5.74) is 0.710. The molecular formula is C10H12NO5S-. The van der Waals surface area contributed by atoms with Gasteiger partial charge >= 0.3 is 0 Å². The monoisotopic (exact) mass is 258 g/mol. The minimum absolute atomic E-state index is 0.0867. The summed E-state index contributed by atoms with van der Waals surface area (Å²) in [5, 5.41) is 2.59. The SMILES string of the molecule is COc1ccc(CNC(C)=O)cc1OS(=O)[O-]. The molecule has 0 saturated carbocycles. The van der Waals surface area contributed by atoms with Crippen molar-refractivity contribution in [2.75, 3.05) is 7.11 Å². The molecule has 6 nitrogen and oxygen atoms in total. The van der Waals surface area contributed by atoms with E-state index in [0.29, 0.717) is 17.9 Å². The molecular weight excluding hydrogens is 246 g/mol. The summed E-state index contributed by atoms with van der Waals surface area (Å²) in [6.07, 6.45) is 0. The summed E-state index contributed by atoms with van der Waals surface area (Å²) < 4.78 is 30.4. The number of carbonyl (C=O) groups excluding carboxylic acids is 1. The molecule has 1 N–H and O–H groups in total. The van der Waals surface area contributed by atoms with Gasteiger partial charge in [-0.1, -0.05) is 6.07 Å². The Hall–Kier alpha value is -1.60. The van der Waals surface area contributed by atoms with Gasteiger partial charge in [-0.15, -0.1) is 0 Å². The van der Waals surface area contributed by atoms with E-state index in [1.807, 2.05) is 0 Å². The number of hydrogen-bond donors (Lipinski definition) is 1. The van der Waals surface area contributed by atoms with Gasteiger partial charge in [-0.2, -0.15) is 0 Å². The highest BCUT2D eigenvalue weighted by molar-refractivity contribution is 7.74. The first kappa shape index (κ1) is 13.5. The van der Waals surface area contributed by atoms with Crippen LogP contribution in [0, 0.1) is 0 Å². The van der Waals surface area contributed by atoms with Crippen LogP contribution in [-0.4, -0.2) is 21.8 Å². The van der Waals surface area contributed by atoms with Gasteiger partial charge < -0.3 is 18.8 Å². The molecule has 0 heterocycles. The average molecular weight is 258 g/mol. The van der Waals surface area contributed by atoms with Gasteiger partial charge in [-0.25, -0.2) is 4.21 Å². The molecule has 0 aromatic heterocycles. The fourth-order valence-corrected chi connectivity index (χ4v) is 1.47. The second-order valence-electron chi connectivity index (χ2n) is 3.18. The molecule has 1 amide bonds. The van der Waals surface area contributed by atoms with Gasteiger partial charge in [0, 0.05) is 13.5 Å². The summed E-state index contributed by atoms with van der Waals surface area (Å²) in [4.78, 5) is 10.7. The van der Waals surface area contributed by atoms with Crippen LogP contribution in [0.25, 0.3) is 0 Å². The fourth-order valence-electron chi connectivity index (χ4n) is 1.20. The van der Waals surface area contributed by atoms with Crippen molar-refractivity contribution in [2.45, 2.75) is 13.5 Å². The standard InChI is InChI=1S/C10H13NO5S/c1-7(12)11-6-8-3-4-9(15-2)10(5-8)16-17(13)14/h3-5H,6H2,1-2H3,(H,11,12)(H,13,14)/p-1. The molecule has 0 aliphatic rings. The number of methoxy groups -OCH3 is 1. The zero-order valence-corrected chi connectivity index (χ0v) is 10.2. The van der Waals surface area contributed by atoms with Crippen molar-refractivity contribution in [1.82, 2.24) is 5.32 Å². The van der Waals surface area contributed by atoms with E-state index in [4.69, 9.17) is 4.74 Å². The van der Waals surface area contributed by atoms with Crippen LogP contribution in [-0.2, 0) is 22.7 Å². The quantitative estimate of drug-likeness (QED) is 0.777. The average Bonchev–Trinajstić information content (AvgIpc) is 2.25. The number of nitrogens with one attached hydrogen (secondary N) is 1. The van der Waals surface area contributed by atoms with E-state index < -0.39 is 11.4 Å². The molecule has 94 valence electrons. The lowest BCUT2D eigenvalue weighted by Gasteiger charge is -2.12. The van der Waals surface area contributed by atoms with Crippen LogP contribution in [0.2, 0.25) is 0 Å². The second kappa shape index (κ2) is 6.21. The lowest BCUT2D eigenvalue weighted by Crippen LogP contribution is -2.18. The van der Waals surface area contributed by atoms with Crippen molar-refractivity contribution < 1.29 is 22.5 Å². The molecule has 0 spiro atoms. The molecule has 0 aliphatic carbocycles. The first-order valence-corrected chi connectivity index (χ1v) is 5.72. The second-order valence-corrected chi connectivity index (χ2v) is 3.76. The van der Waals surface area contributed by atoms with Gasteiger partial charge in [0.05, 0.1) is 7.11 Å². The summed E-state index contributed by atoms with van der Waals surface area (Å²) in [7, 11) is 1.41. The molecule has 1 atom stereocenters. The minimum Gasteiger partial charge on any atom is -0.740 e. The third kappa shape index (κ3) is 4.41. The van der Waals surface area contributed by atoms with Gasteiger partial charge in [0.2, 0.25) is 5.91 Å². The predicted octanol–water partition coefficient (Wildman–Crippen LogP) is 0.504. The van der Waals surface area contributed by atoms with Crippen molar-refractivity contribution in [3.8, 4) is 11.5 Å². The molecule has 7 heteroatoms. The van der Waals surface area contributed by atoms with E-state index in [1.165, 1.54) is 20.1 Å². The smallest absolute Gasteiger partial charge is 0.217 e. The largest absolute Gasteiger partial charge is 0.740 e. The van der Waals surface area contributed by atoms with Crippen LogP contribution < -0.4 is 14.2 Å². The number of hydrogen-bond acceptors (Lipinski definition) is 5. The lowest BCUT2D eigenvalue weighted by molar-refractivity contribution is -0.119. The highest BCUT2D eigenvalue weighted by Gasteiger charge is 2.06. The molecule has 0 fully saturated rings. The molecule has 1 aromatic rings. The van der Waals surface area contributed by atoms with Gasteiger partial charge in [-0.05, 0) is 17.7 Å². The predicted molar refractivity (Wildman–Crippen MR) is 60.1 cm³/mol. The van der Waals surface area contributed by atoms with E-state index in [9.17, 15) is 13.6 Å². The Kier molecular flexibility index (Phi) is 4.92. The van der Waals surface area contributed by atoms with Gasteiger partial charge in [0.1, 0.15) is 11.4 Å². The Morgan fingerprint density at radius 2 is 2.18 bits per heavy atom. The number of ether oxygens (including phenoxy) is 1. The Balaban J connectivity index is 2.87. The van der Waals surface area contributed by atoms with Crippen LogP contribution in [0.1, 0.15) is 12.5 Å². The highest BCUT2D eigenvalue weighted by atomic mass is 32.2. The van der Waals surface area contributed by atoms with Crippen molar-refractivity contribution in [3.63, 3.8) is 0 Å². The van der Waals surface area contributed by atoms with Gasteiger partial charge in [0.25, 0.3) is 0 Å². The maximum Gasteiger partial charge on any atom is 0.217 e. The van der Waals surface area contributed by atoms with E-state index in [-0.39, 0.29) is 11.7 Å². The summed E-state index contributed by atoms with van der Waals surface area (Å²) >= 11 is -2.67. The Bertz CT molecular complexity index is 435. The third-order valence-corrected chi connectivity index (χ3v) is 2.24.